The topological polar surface area (TPSA) is 42.0 Å². The molecule has 1 aromatic rings. The van der Waals surface area contributed by atoms with Gasteiger partial charge in [-0.15, -0.1) is 0 Å². The molecule has 0 aromatic carbocycles. The van der Waals surface area contributed by atoms with Crippen molar-refractivity contribution in [3.63, 3.8) is 0 Å². The molecule has 0 bridgehead atoms. The number of rotatable bonds is 2. The molecule has 1 N–H and O–H groups in total. The molecule has 0 fully saturated rings. The van der Waals surface area contributed by atoms with E-state index < -0.39 is 17.7 Å². The number of nitrogens with one attached hydrogen (secondary N) is 1. The van der Waals surface area contributed by atoms with Crippen LogP contribution in [0.5, 0.6) is 0 Å². The van der Waals surface area contributed by atoms with Gasteiger partial charge in [0.2, 0.25) is 5.91 Å². The number of hydrogen-bond acceptors (Lipinski definition) is 2. The molecule has 3 nitrogen and oxygen atoms in total. The minimum Gasteiger partial charge on any atom is -0.350 e. The molecule has 0 aliphatic carbocycles. The Morgan fingerprint density at radius 3 is 2.36 bits per heavy atom. The van der Waals surface area contributed by atoms with Gasteiger partial charge in [0.25, 0.3) is 0 Å². The molecule has 1 rings (SSSR count). The quantitative estimate of drug-likeness (QED) is 0.787. The van der Waals surface area contributed by atoms with Gasteiger partial charge in [-0.25, -0.2) is 8.78 Å². The maximum absolute atomic E-state index is 13.1. The van der Waals surface area contributed by atoms with Gasteiger partial charge in [0, 0.05) is 12.5 Å². The second kappa shape index (κ2) is 4.13. The summed E-state index contributed by atoms with van der Waals surface area (Å²) in [6.07, 6.45) is 1.83. The van der Waals surface area contributed by atoms with Gasteiger partial charge < -0.3 is 5.32 Å². The third-order valence-corrected chi connectivity index (χ3v) is 1.74. The zero-order valence-corrected chi connectivity index (χ0v) is 7.84. The van der Waals surface area contributed by atoms with Crippen molar-refractivity contribution in [3.8, 4) is 0 Å². The molecule has 5 heteroatoms. The number of halogens is 2. The van der Waals surface area contributed by atoms with Crippen molar-refractivity contribution >= 4 is 5.91 Å². The number of carbonyl (C=O) groups is 1. The first-order valence-corrected chi connectivity index (χ1v) is 4.08. The van der Waals surface area contributed by atoms with E-state index in [0.29, 0.717) is 0 Å². The Morgan fingerprint density at radius 2 is 1.93 bits per heavy atom. The van der Waals surface area contributed by atoms with Crippen LogP contribution in [0.2, 0.25) is 0 Å². The van der Waals surface area contributed by atoms with Gasteiger partial charge in [-0.3, -0.25) is 9.78 Å². The first-order valence-electron chi connectivity index (χ1n) is 4.08. The van der Waals surface area contributed by atoms with E-state index in [1.807, 2.05) is 0 Å². The van der Waals surface area contributed by atoms with Gasteiger partial charge in [-0.2, -0.15) is 0 Å². The predicted octanol–water partition coefficient (Wildman–Crippen LogP) is 1.56. The SMILES string of the molecule is CC(=O)NC(C)c1c(F)cncc1F. The molecule has 14 heavy (non-hydrogen) atoms. The molecule has 1 aromatic heterocycles. The lowest BCUT2D eigenvalue weighted by Gasteiger charge is -2.13. The molecule has 1 atom stereocenters. The zero-order valence-electron chi connectivity index (χ0n) is 7.84. The van der Waals surface area contributed by atoms with Crippen molar-refractivity contribution in [2.24, 2.45) is 0 Å². The molecule has 1 unspecified atom stereocenters. The highest BCUT2D eigenvalue weighted by atomic mass is 19.1. The van der Waals surface area contributed by atoms with Crippen LogP contribution in [-0.2, 0) is 4.79 Å². The average molecular weight is 200 g/mol. The Balaban J connectivity index is 2.99. The van der Waals surface area contributed by atoms with Gasteiger partial charge in [-0.05, 0) is 6.92 Å². The Labute approximate surface area is 80.2 Å². The fraction of sp³-hybridized carbons (Fsp3) is 0.333. The van der Waals surface area contributed by atoms with Crippen LogP contribution < -0.4 is 5.32 Å². The molecular formula is C9H10F2N2O. The van der Waals surface area contributed by atoms with Crippen LogP contribution in [0.1, 0.15) is 25.5 Å². The molecule has 0 spiro atoms. The van der Waals surface area contributed by atoms with Gasteiger partial charge >= 0.3 is 0 Å². The van der Waals surface area contributed by atoms with Crippen LogP contribution in [0.4, 0.5) is 8.78 Å². The van der Waals surface area contributed by atoms with Crippen molar-refractivity contribution in [3.05, 3.63) is 29.6 Å². The summed E-state index contributed by atoms with van der Waals surface area (Å²) < 4.78 is 26.2. The molecule has 0 aliphatic heterocycles. The number of hydrogen-bond donors (Lipinski definition) is 1. The van der Waals surface area contributed by atoms with Crippen molar-refractivity contribution in [1.29, 1.82) is 0 Å². The number of aromatic nitrogens is 1. The van der Waals surface area contributed by atoms with Gasteiger partial charge in [0.1, 0.15) is 11.6 Å². The Hall–Kier alpha value is -1.52. The molecule has 76 valence electrons. The van der Waals surface area contributed by atoms with Crippen molar-refractivity contribution in [1.82, 2.24) is 10.3 Å². The molecular weight excluding hydrogens is 190 g/mol. The monoisotopic (exact) mass is 200 g/mol. The third kappa shape index (κ3) is 2.25. The van der Waals surface area contributed by atoms with Gasteiger partial charge in [-0.1, -0.05) is 0 Å². The third-order valence-electron chi connectivity index (χ3n) is 1.74. The maximum Gasteiger partial charge on any atom is 0.217 e. The average Bonchev–Trinajstić information content (AvgIpc) is 2.01. The first-order chi connectivity index (χ1) is 6.52. The molecule has 0 saturated carbocycles. The minimum absolute atomic E-state index is 0.171. The summed E-state index contributed by atoms with van der Waals surface area (Å²) in [5, 5.41) is 2.39. The van der Waals surface area contributed by atoms with E-state index in [9.17, 15) is 13.6 Å². The standard InChI is InChI=1S/C9H10F2N2O/c1-5(13-6(2)14)9-7(10)3-12-4-8(9)11/h3-5H,1-2H3,(H,13,14). The lowest BCUT2D eigenvalue weighted by atomic mass is 10.1. The molecule has 0 aliphatic rings. The van der Waals surface area contributed by atoms with Crippen LogP contribution in [0.15, 0.2) is 12.4 Å². The number of nitrogens with zero attached hydrogens (tertiary/aromatic N) is 1. The Bertz CT molecular complexity index is 334. The smallest absolute Gasteiger partial charge is 0.217 e. The van der Waals surface area contributed by atoms with E-state index in [2.05, 4.69) is 10.3 Å². The first kappa shape index (κ1) is 10.6. The van der Waals surface area contributed by atoms with Crippen molar-refractivity contribution < 1.29 is 13.6 Å². The summed E-state index contributed by atoms with van der Waals surface area (Å²) >= 11 is 0. The number of amides is 1. The number of carbonyl (C=O) groups excluding carboxylic acids is 1. The van der Waals surface area contributed by atoms with Gasteiger partial charge in [0.15, 0.2) is 0 Å². The van der Waals surface area contributed by atoms with Crippen LogP contribution in [0.3, 0.4) is 0 Å². The van der Waals surface area contributed by atoms with Crippen molar-refractivity contribution in [2.45, 2.75) is 19.9 Å². The fourth-order valence-corrected chi connectivity index (χ4v) is 1.21. The fourth-order valence-electron chi connectivity index (χ4n) is 1.21. The second-order valence-corrected chi connectivity index (χ2v) is 2.94. The lowest BCUT2D eigenvalue weighted by molar-refractivity contribution is -0.119. The van der Waals surface area contributed by atoms with Gasteiger partial charge in [0.05, 0.1) is 18.4 Å². The van der Waals surface area contributed by atoms with Crippen LogP contribution in [0.25, 0.3) is 0 Å². The second-order valence-electron chi connectivity index (χ2n) is 2.94. The molecule has 0 radical (unpaired) electrons. The molecule has 1 amide bonds. The minimum atomic E-state index is -0.758. The van der Waals surface area contributed by atoms with E-state index in [1.165, 1.54) is 13.8 Å². The van der Waals surface area contributed by atoms with E-state index in [-0.39, 0.29) is 11.5 Å². The van der Waals surface area contributed by atoms with E-state index >= 15 is 0 Å². The normalized spacial score (nSPS) is 12.3. The number of pyridine rings is 1. The molecule has 0 saturated heterocycles. The summed E-state index contributed by atoms with van der Waals surface area (Å²) in [4.78, 5) is 14.0. The highest BCUT2D eigenvalue weighted by Crippen LogP contribution is 2.18. The molecule has 1 heterocycles. The Morgan fingerprint density at radius 1 is 1.43 bits per heavy atom. The summed E-state index contributed by atoms with van der Waals surface area (Å²) in [5.74, 6) is -1.86. The summed E-state index contributed by atoms with van der Waals surface area (Å²) in [6, 6.07) is -0.699. The summed E-state index contributed by atoms with van der Waals surface area (Å²) in [7, 11) is 0. The highest BCUT2D eigenvalue weighted by Gasteiger charge is 2.16. The summed E-state index contributed by atoms with van der Waals surface area (Å²) in [6.45, 7) is 2.79. The maximum atomic E-state index is 13.1. The zero-order chi connectivity index (χ0) is 10.7. The summed E-state index contributed by atoms with van der Waals surface area (Å²) in [5.41, 5.74) is -0.171. The van der Waals surface area contributed by atoms with Crippen LogP contribution in [-0.4, -0.2) is 10.9 Å². The van der Waals surface area contributed by atoms with Crippen LogP contribution >= 0.6 is 0 Å². The predicted molar refractivity (Wildman–Crippen MR) is 46.4 cm³/mol. The largest absolute Gasteiger partial charge is 0.350 e. The van der Waals surface area contributed by atoms with E-state index in [4.69, 9.17) is 0 Å². The van der Waals surface area contributed by atoms with Crippen LogP contribution in [0, 0.1) is 11.6 Å². The van der Waals surface area contributed by atoms with Crippen molar-refractivity contribution in [2.75, 3.05) is 0 Å². The van der Waals surface area contributed by atoms with E-state index in [1.54, 1.807) is 0 Å². The Kier molecular flexibility index (Phi) is 3.11. The highest BCUT2D eigenvalue weighted by molar-refractivity contribution is 5.73. The van der Waals surface area contributed by atoms with E-state index in [0.717, 1.165) is 12.4 Å². The lowest BCUT2D eigenvalue weighted by Crippen LogP contribution is -2.25.